The van der Waals surface area contributed by atoms with Crippen molar-refractivity contribution in [2.45, 2.75) is 81.2 Å². The molecule has 2 saturated carbocycles. The molecular formula is C21H28N2S. The zero-order valence-electron chi connectivity index (χ0n) is 14.5. The van der Waals surface area contributed by atoms with Crippen molar-refractivity contribution in [3.63, 3.8) is 0 Å². The van der Waals surface area contributed by atoms with Gasteiger partial charge in [-0.05, 0) is 25.7 Å². The van der Waals surface area contributed by atoms with Crippen LogP contribution in [-0.4, -0.2) is 9.55 Å². The minimum Gasteiger partial charge on any atom is -0.324 e. The molecule has 0 bridgehead atoms. The number of imidazole rings is 1. The van der Waals surface area contributed by atoms with Crippen molar-refractivity contribution in [2.75, 3.05) is 0 Å². The Morgan fingerprint density at radius 3 is 2.12 bits per heavy atom. The molecule has 4 rings (SSSR count). The second-order valence-corrected chi connectivity index (χ2v) is 7.93. The molecular weight excluding hydrogens is 312 g/mol. The van der Waals surface area contributed by atoms with Gasteiger partial charge in [0.25, 0.3) is 0 Å². The number of benzene rings is 1. The predicted octanol–water partition coefficient (Wildman–Crippen LogP) is 6.39. The van der Waals surface area contributed by atoms with Gasteiger partial charge >= 0.3 is 0 Å². The van der Waals surface area contributed by atoms with Crippen LogP contribution in [0.1, 0.15) is 82.0 Å². The van der Waals surface area contributed by atoms with Crippen molar-refractivity contribution in [2.24, 2.45) is 0 Å². The zero-order chi connectivity index (χ0) is 16.4. The van der Waals surface area contributed by atoms with Crippen molar-refractivity contribution in [3.8, 4) is 11.3 Å². The van der Waals surface area contributed by atoms with E-state index in [2.05, 4.69) is 34.9 Å². The third-order valence-corrected chi connectivity index (χ3v) is 6.19. The average molecular weight is 341 g/mol. The first-order valence-electron chi connectivity index (χ1n) is 9.71. The highest BCUT2D eigenvalue weighted by Gasteiger charge is 2.29. The van der Waals surface area contributed by atoms with Gasteiger partial charge in [-0.1, -0.05) is 68.9 Å². The van der Waals surface area contributed by atoms with Crippen molar-refractivity contribution in [1.82, 2.24) is 9.55 Å². The summed E-state index contributed by atoms with van der Waals surface area (Å²) in [5.41, 5.74) is 2.52. The van der Waals surface area contributed by atoms with Crippen LogP contribution in [0.3, 0.4) is 0 Å². The Morgan fingerprint density at radius 1 is 0.833 bits per heavy atom. The number of nitrogens with zero attached hydrogens (tertiary/aromatic N) is 2. The van der Waals surface area contributed by atoms with E-state index in [1.165, 1.54) is 81.3 Å². The highest BCUT2D eigenvalue weighted by molar-refractivity contribution is 7.80. The first-order valence-corrected chi connectivity index (χ1v) is 10.2. The van der Waals surface area contributed by atoms with Gasteiger partial charge < -0.3 is 4.57 Å². The third kappa shape index (κ3) is 3.15. The summed E-state index contributed by atoms with van der Waals surface area (Å²) in [7, 11) is 0. The molecule has 2 aliphatic rings. The number of hydrogen-bond acceptors (Lipinski definition) is 2. The smallest absolute Gasteiger partial charge is 0.119 e. The molecule has 2 aliphatic carbocycles. The van der Waals surface area contributed by atoms with E-state index in [1.54, 1.807) is 0 Å². The van der Waals surface area contributed by atoms with Crippen LogP contribution in [0.25, 0.3) is 11.3 Å². The first-order chi connectivity index (χ1) is 11.8. The highest BCUT2D eigenvalue weighted by Crippen LogP contribution is 2.41. The molecule has 0 saturated heterocycles. The van der Waals surface area contributed by atoms with Gasteiger partial charge in [-0.15, -0.1) is 12.6 Å². The summed E-state index contributed by atoms with van der Waals surface area (Å²) in [6.45, 7) is 0. The van der Waals surface area contributed by atoms with E-state index in [4.69, 9.17) is 17.6 Å². The monoisotopic (exact) mass is 340 g/mol. The van der Waals surface area contributed by atoms with Crippen LogP contribution in [0.2, 0.25) is 0 Å². The molecule has 24 heavy (non-hydrogen) atoms. The van der Waals surface area contributed by atoms with Crippen molar-refractivity contribution in [1.29, 1.82) is 0 Å². The molecule has 3 heteroatoms. The number of thiol groups is 1. The highest BCUT2D eigenvalue weighted by atomic mass is 32.1. The molecule has 0 amide bonds. The number of rotatable bonds is 3. The van der Waals surface area contributed by atoms with Crippen LogP contribution in [0.5, 0.6) is 0 Å². The molecule has 1 aromatic carbocycles. The SMILES string of the molecule is Sc1nc(C2CCCCC2)n(C2CCCCC2)c1-c1ccccc1. The van der Waals surface area contributed by atoms with Crippen molar-refractivity contribution >= 4 is 12.6 Å². The fourth-order valence-corrected chi connectivity index (χ4v) is 5.00. The van der Waals surface area contributed by atoms with Gasteiger partial charge in [-0.25, -0.2) is 4.98 Å². The predicted molar refractivity (Wildman–Crippen MR) is 103 cm³/mol. The first kappa shape index (κ1) is 16.3. The van der Waals surface area contributed by atoms with Crippen LogP contribution >= 0.6 is 12.6 Å². The lowest BCUT2D eigenvalue weighted by Gasteiger charge is -2.30. The maximum absolute atomic E-state index is 5.01. The van der Waals surface area contributed by atoms with E-state index in [9.17, 15) is 0 Å². The molecule has 1 aromatic heterocycles. The normalized spacial score (nSPS) is 20.4. The Kier molecular flexibility index (Phi) is 4.98. The van der Waals surface area contributed by atoms with Crippen molar-refractivity contribution < 1.29 is 0 Å². The van der Waals surface area contributed by atoms with Gasteiger partial charge in [0.2, 0.25) is 0 Å². The van der Waals surface area contributed by atoms with E-state index >= 15 is 0 Å². The molecule has 0 radical (unpaired) electrons. The molecule has 2 nitrogen and oxygen atoms in total. The quantitative estimate of drug-likeness (QED) is 0.641. The van der Waals surface area contributed by atoms with Crippen LogP contribution in [0.15, 0.2) is 35.4 Å². The standard InChI is InChI=1S/C21H28N2S/c24-21-19(16-10-4-1-5-11-16)23(18-14-8-3-9-15-18)20(22-21)17-12-6-2-7-13-17/h1,4-5,10-11,17-18,24H,2-3,6-9,12-15H2. The number of hydrogen-bond donors (Lipinski definition) is 1. The lowest BCUT2D eigenvalue weighted by Crippen LogP contribution is -2.19. The molecule has 0 N–H and O–H groups in total. The maximum Gasteiger partial charge on any atom is 0.119 e. The van der Waals surface area contributed by atoms with E-state index in [-0.39, 0.29) is 0 Å². The van der Waals surface area contributed by atoms with Crippen LogP contribution in [0, 0.1) is 0 Å². The minimum absolute atomic E-state index is 0.610. The van der Waals surface area contributed by atoms with Gasteiger partial charge in [0, 0.05) is 17.5 Å². The second-order valence-electron chi connectivity index (χ2n) is 7.51. The number of aromatic nitrogens is 2. The Bertz CT molecular complexity index is 665. The van der Waals surface area contributed by atoms with Gasteiger partial charge in [-0.2, -0.15) is 0 Å². The van der Waals surface area contributed by atoms with Crippen LogP contribution in [0.4, 0.5) is 0 Å². The fourth-order valence-electron chi connectivity index (χ4n) is 4.66. The molecule has 2 fully saturated rings. The molecule has 128 valence electrons. The van der Waals surface area contributed by atoms with E-state index < -0.39 is 0 Å². The summed E-state index contributed by atoms with van der Waals surface area (Å²) >= 11 is 4.81. The molecule has 0 spiro atoms. The summed E-state index contributed by atoms with van der Waals surface area (Å²) in [6, 6.07) is 11.4. The van der Waals surface area contributed by atoms with E-state index in [0.29, 0.717) is 12.0 Å². The Hall–Kier alpha value is -1.22. The lowest BCUT2D eigenvalue weighted by atomic mass is 9.87. The summed E-state index contributed by atoms with van der Waals surface area (Å²) < 4.78 is 2.60. The zero-order valence-corrected chi connectivity index (χ0v) is 15.3. The average Bonchev–Trinajstić information content (AvgIpc) is 3.01. The van der Waals surface area contributed by atoms with Gasteiger partial charge in [-0.3, -0.25) is 0 Å². The second kappa shape index (κ2) is 7.35. The topological polar surface area (TPSA) is 17.8 Å². The third-order valence-electron chi connectivity index (χ3n) is 5.88. The largest absolute Gasteiger partial charge is 0.324 e. The Balaban J connectivity index is 1.81. The van der Waals surface area contributed by atoms with Gasteiger partial charge in [0.15, 0.2) is 0 Å². The lowest BCUT2D eigenvalue weighted by molar-refractivity contribution is 0.330. The summed E-state index contributed by atoms with van der Waals surface area (Å²) in [4.78, 5) is 5.01. The molecule has 0 unspecified atom stereocenters. The molecule has 1 heterocycles. The van der Waals surface area contributed by atoms with Gasteiger partial charge in [0.1, 0.15) is 10.9 Å². The van der Waals surface area contributed by atoms with Crippen LogP contribution in [-0.2, 0) is 0 Å². The van der Waals surface area contributed by atoms with Crippen LogP contribution < -0.4 is 0 Å². The minimum atomic E-state index is 0.610. The van der Waals surface area contributed by atoms with E-state index in [1.807, 2.05) is 0 Å². The molecule has 2 aromatic rings. The molecule has 0 aliphatic heterocycles. The fraction of sp³-hybridized carbons (Fsp3) is 0.571. The Labute approximate surface area is 151 Å². The molecule has 0 atom stereocenters. The summed E-state index contributed by atoms with van der Waals surface area (Å²) in [5, 5.41) is 0.923. The Morgan fingerprint density at radius 2 is 1.46 bits per heavy atom. The summed E-state index contributed by atoms with van der Waals surface area (Å²) in [6.07, 6.45) is 13.4. The van der Waals surface area contributed by atoms with E-state index in [0.717, 1.165) is 5.03 Å². The summed E-state index contributed by atoms with van der Waals surface area (Å²) in [5.74, 6) is 1.95. The van der Waals surface area contributed by atoms with Gasteiger partial charge in [0.05, 0.1) is 5.69 Å². The maximum atomic E-state index is 5.01. The van der Waals surface area contributed by atoms with Crippen molar-refractivity contribution in [3.05, 3.63) is 36.2 Å².